The summed E-state index contributed by atoms with van der Waals surface area (Å²) in [5.74, 6) is -2.06. The van der Waals surface area contributed by atoms with Crippen LogP contribution in [-0.2, 0) is 11.2 Å². The van der Waals surface area contributed by atoms with E-state index in [1.165, 1.54) is 56.9 Å². The molecule has 0 amide bonds. The van der Waals surface area contributed by atoms with Crippen LogP contribution in [0.2, 0.25) is 0 Å². The minimum Gasteiger partial charge on any atom is -0.306 e. The lowest BCUT2D eigenvalue weighted by atomic mass is 9.54. The zero-order valence-electron chi connectivity index (χ0n) is 25.6. The van der Waals surface area contributed by atoms with Gasteiger partial charge in [0.25, 0.3) is 0 Å². The zero-order chi connectivity index (χ0) is 30.2. The van der Waals surface area contributed by atoms with Gasteiger partial charge in [-0.2, -0.15) is 22.0 Å². The molecule has 0 heterocycles. The second-order valence-electron chi connectivity index (χ2n) is 13.7. The Morgan fingerprint density at radius 2 is 1.40 bits per heavy atom. The molecule has 2 saturated carbocycles. The number of benzene rings is 1. The van der Waals surface area contributed by atoms with Crippen molar-refractivity contribution in [2.45, 2.75) is 140 Å². The van der Waals surface area contributed by atoms with Crippen LogP contribution in [0.25, 0.3) is 0 Å². The van der Waals surface area contributed by atoms with Gasteiger partial charge in [-0.25, -0.2) is 0 Å². The van der Waals surface area contributed by atoms with Gasteiger partial charge in [-0.3, -0.25) is 4.79 Å². The molecule has 0 aromatic heterocycles. The number of alkyl halides is 5. The number of nitrogens with zero attached hydrogens (tertiary/aromatic N) is 1. The number of carbonyl (C=O) groups is 1. The fourth-order valence-electron chi connectivity index (χ4n) is 8.60. The summed E-state index contributed by atoms with van der Waals surface area (Å²) in [7, 11) is 2.13. The number of fused-ring (bicyclic) bond motifs is 5. The number of rotatable bonds is 17. The minimum atomic E-state index is -5.43. The van der Waals surface area contributed by atoms with Gasteiger partial charge in [0.1, 0.15) is 5.78 Å². The van der Waals surface area contributed by atoms with Crippen LogP contribution in [0.3, 0.4) is 0 Å². The molecule has 2 fully saturated rings. The van der Waals surface area contributed by atoms with Crippen LogP contribution in [0.15, 0.2) is 24.3 Å². The average Bonchev–Trinajstić information content (AvgIpc) is 3.29. The lowest BCUT2D eigenvalue weighted by molar-refractivity contribution is -0.284. The Kier molecular flexibility index (Phi) is 11.9. The Morgan fingerprint density at radius 1 is 0.786 bits per heavy atom. The van der Waals surface area contributed by atoms with Crippen LogP contribution in [0, 0.1) is 17.3 Å². The Balaban J connectivity index is 1.04. The number of aryl methyl sites for hydroxylation is 1. The fraction of sp³-hybridized carbons (Fsp3) is 0.800. The molecule has 3 aliphatic carbocycles. The van der Waals surface area contributed by atoms with Crippen LogP contribution in [0.1, 0.15) is 133 Å². The average molecular weight is 598 g/mol. The molecule has 42 heavy (non-hydrogen) atoms. The molecule has 1 aromatic carbocycles. The first kappa shape index (κ1) is 33.4. The van der Waals surface area contributed by atoms with Crippen molar-refractivity contribution < 1.29 is 26.7 Å². The Labute approximate surface area is 250 Å². The lowest BCUT2D eigenvalue weighted by Gasteiger charge is -2.50. The molecule has 0 N–H and O–H groups in total. The van der Waals surface area contributed by atoms with Crippen LogP contribution in [0.5, 0.6) is 0 Å². The highest BCUT2D eigenvalue weighted by Gasteiger charge is 2.57. The largest absolute Gasteiger partial charge is 0.453 e. The number of carbonyl (C=O) groups excluding carboxylic acids is 1. The third-order valence-electron chi connectivity index (χ3n) is 10.9. The van der Waals surface area contributed by atoms with Crippen LogP contribution in [0.4, 0.5) is 22.0 Å². The third kappa shape index (κ3) is 8.15. The smallest absolute Gasteiger partial charge is 0.306 e. The minimum absolute atomic E-state index is 0.0399. The second kappa shape index (κ2) is 15.0. The summed E-state index contributed by atoms with van der Waals surface area (Å²) in [6, 6.07) is 9.01. The summed E-state index contributed by atoms with van der Waals surface area (Å²) in [4.78, 5) is 15.6. The lowest BCUT2D eigenvalue weighted by Crippen LogP contribution is -2.44. The van der Waals surface area contributed by atoms with Gasteiger partial charge in [0.05, 0.1) is 0 Å². The molecule has 0 bridgehead atoms. The van der Waals surface area contributed by atoms with E-state index in [9.17, 15) is 26.7 Å². The van der Waals surface area contributed by atoms with E-state index < -0.39 is 18.5 Å². The molecule has 0 radical (unpaired) electrons. The van der Waals surface area contributed by atoms with Gasteiger partial charge in [-0.05, 0) is 107 Å². The molecule has 4 rings (SSSR count). The van der Waals surface area contributed by atoms with Gasteiger partial charge in [0, 0.05) is 18.3 Å². The standard InChI is InChI=1S/C35H52F5NO/c1-41(25-13-7-3-2-6-12-23-34(36,37)35(38,39)40)26-14-8-4-5-11-22-33-24-21-29-28-16-10-9-15-27(28)17-18-30(29)31(33)19-20-32(33)42/h9-10,15-16,29-31H,2-8,11-14,17-26H2,1H3/t29-,30-,31+,33+/m1/s1. The molecule has 4 atom stereocenters. The molecular weight excluding hydrogens is 545 g/mol. The maximum atomic E-state index is 13.3. The number of unbranched alkanes of at least 4 members (excludes halogenated alkanes) is 9. The van der Waals surface area contributed by atoms with Crippen molar-refractivity contribution >= 4 is 5.78 Å². The van der Waals surface area contributed by atoms with E-state index in [-0.39, 0.29) is 11.8 Å². The normalized spacial score (nSPS) is 25.9. The zero-order valence-corrected chi connectivity index (χ0v) is 25.6. The molecular formula is C35H52F5NO. The van der Waals surface area contributed by atoms with Gasteiger partial charge in [-0.15, -0.1) is 0 Å². The predicted molar refractivity (Wildman–Crippen MR) is 159 cm³/mol. The van der Waals surface area contributed by atoms with Gasteiger partial charge < -0.3 is 4.90 Å². The summed E-state index contributed by atoms with van der Waals surface area (Å²) in [5, 5.41) is 0. The number of ketones is 1. The van der Waals surface area contributed by atoms with Crippen molar-refractivity contribution in [3.63, 3.8) is 0 Å². The maximum Gasteiger partial charge on any atom is 0.453 e. The molecule has 3 aliphatic rings. The van der Waals surface area contributed by atoms with Crippen molar-refractivity contribution in [2.75, 3.05) is 20.1 Å². The summed E-state index contributed by atoms with van der Waals surface area (Å²) >= 11 is 0. The topological polar surface area (TPSA) is 20.3 Å². The highest BCUT2D eigenvalue weighted by atomic mass is 19.4. The van der Waals surface area contributed by atoms with Gasteiger partial charge in [0.15, 0.2) is 0 Å². The summed E-state index contributed by atoms with van der Waals surface area (Å²) in [6.07, 6.45) is 11.0. The van der Waals surface area contributed by atoms with Gasteiger partial charge in [0.2, 0.25) is 0 Å². The predicted octanol–water partition coefficient (Wildman–Crippen LogP) is 10.3. The van der Waals surface area contributed by atoms with Crippen LogP contribution >= 0.6 is 0 Å². The van der Waals surface area contributed by atoms with Crippen molar-refractivity contribution in [1.29, 1.82) is 0 Å². The first-order valence-corrected chi connectivity index (χ1v) is 16.8. The highest BCUT2D eigenvalue weighted by molar-refractivity contribution is 5.87. The first-order valence-electron chi connectivity index (χ1n) is 16.8. The van der Waals surface area contributed by atoms with Crippen LogP contribution < -0.4 is 0 Å². The molecule has 0 unspecified atom stereocenters. The number of Topliss-reactive ketones (excluding diaryl/α,β-unsaturated/α-hetero) is 1. The first-order chi connectivity index (χ1) is 20.1. The molecule has 0 saturated heterocycles. The monoisotopic (exact) mass is 597 g/mol. The summed E-state index contributed by atoms with van der Waals surface area (Å²) in [5.41, 5.74) is 3.07. The van der Waals surface area contributed by atoms with Gasteiger partial charge in [-0.1, -0.05) is 75.6 Å². The van der Waals surface area contributed by atoms with Crippen molar-refractivity contribution in [1.82, 2.24) is 4.90 Å². The quantitative estimate of drug-likeness (QED) is 0.132. The van der Waals surface area contributed by atoms with E-state index in [0.29, 0.717) is 36.4 Å². The van der Waals surface area contributed by atoms with E-state index in [1.807, 2.05) is 0 Å². The Bertz CT molecular complexity index is 994. The molecule has 238 valence electrons. The molecule has 1 aromatic rings. The third-order valence-corrected chi connectivity index (χ3v) is 10.9. The Morgan fingerprint density at radius 3 is 2.10 bits per heavy atom. The highest BCUT2D eigenvalue weighted by Crippen LogP contribution is 2.61. The van der Waals surface area contributed by atoms with Crippen LogP contribution in [-0.4, -0.2) is 42.9 Å². The van der Waals surface area contributed by atoms with Crippen molar-refractivity contribution in [3.8, 4) is 0 Å². The summed E-state index contributed by atoms with van der Waals surface area (Å²) < 4.78 is 62.4. The SMILES string of the molecule is CN(CCCCCCCCC(F)(F)C(F)(F)F)CCCCCCC[C@]12CC[C@@H]3c4ccccc4CC[C@H]3[C@@H]1CCC2=O. The number of hydrogen-bond acceptors (Lipinski definition) is 2. The number of hydrogen-bond donors (Lipinski definition) is 0. The van der Waals surface area contributed by atoms with Crippen molar-refractivity contribution in [3.05, 3.63) is 35.4 Å². The maximum absolute atomic E-state index is 13.3. The van der Waals surface area contributed by atoms with Gasteiger partial charge >= 0.3 is 12.1 Å². The van der Waals surface area contributed by atoms with Crippen molar-refractivity contribution in [2.24, 2.45) is 17.3 Å². The van der Waals surface area contributed by atoms with E-state index in [0.717, 1.165) is 58.0 Å². The molecule has 7 heteroatoms. The molecule has 0 aliphatic heterocycles. The van der Waals surface area contributed by atoms with E-state index in [1.54, 1.807) is 5.56 Å². The Hall–Kier alpha value is -1.50. The summed E-state index contributed by atoms with van der Waals surface area (Å²) in [6.45, 7) is 2.05. The fourth-order valence-corrected chi connectivity index (χ4v) is 8.60. The second-order valence-corrected chi connectivity index (χ2v) is 13.7. The van der Waals surface area contributed by atoms with E-state index >= 15 is 0 Å². The molecule has 0 spiro atoms. The number of halogens is 5. The van der Waals surface area contributed by atoms with E-state index in [4.69, 9.17) is 0 Å². The molecule has 2 nitrogen and oxygen atoms in total. The van der Waals surface area contributed by atoms with E-state index in [2.05, 4.69) is 36.2 Å².